The van der Waals surface area contributed by atoms with E-state index in [1.807, 2.05) is 30.3 Å². The van der Waals surface area contributed by atoms with E-state index in [4.69, 9.17) is 4.74 Å². The minimum Gasteiger partial charge on any atom is -0.370 e. The first-order valence-corrected chi connectivity index (χ1v) is 8.11. The Kier molecular flexibility index (Phi) is 5.40. The monoisotopic (exact) mass is 342 g/mol. The van der Waals surface area contributed by atoms with Crippen molar-refractivity contribution in [1.29, 1.82) is 0 Å². The summed E-state index contributed by atoms with van der Waals surface area (Å²) in [7, 11) is 0. The maximum absolute atomic E-state index is 12.9. The van der Waals surface area contributed by atoms with Crippen molar-refractivity contribution in [3.05, 3.63) is 71.5 Å². The number of amides is 2. The number of hydrogen-bond acceptors (Lipinski definition) is 3. The minimum absolute atomic E-state index is 0.0995. The van der Waals surface area contributed by atoms with Gasteiger partial charge in [0.2, 0.25) is 5.91 Å². The molecule has 1 aliphatic rings. The van der Waals surface area contributed by atoms with E-state index in [1.165, 1.54) is 24.3 Å². The van der Waals surface area contributed by atoms with Gasteiger partial charge in [-0.2, -0.15) is 0 Å². The number of ether oxygens (including phenoxy) is 1. The molecule has 0 radical (unpaired) electrons. The number of nitrogens with one attached hydrogen (secondary N) is 1. The first-order chi connectivity index (χ1) is 12.1. The molecule has 3 rings (SSSR count). The van der Waals surface area contributed by atoms with Crippen LogP contribution in [0.2, 0.25) is 0 Å². The lowest BCUT2D eigenvalue weighted by atomic mass is 10.1. The standard InChI is InChI=1S/C19H19FN2O3/c20-16-8-6-15(7-9-16)19(24)21-12-18(23)22-10-11-25-17(13-22)14-4-2-1-3-5-14/h1-9,17H,10-13H2,(H,21,24)/t17-/m1/s1. The molecule has 0 unspecified atom stereocenters. The lowest BCUT2D eigenvalue weighted by Crippen LogP contribution is -2.46. The van der Waals surface area contributed by atoms with Crippen molar-refractivity contribution >= 4 is 11.8 Å². The molecule has 25 heavy (non-hydrogen) atoms. The zero-order valence-electron chi connectivity index (χ0n) is 13.7. The van der Waals surface area contributed by atoms with Crippen molar-refractivity contribution < 1.29 is 18.7 Å². The Balaban J connectivity index is 1.54. The van der Waals surface area contributed by atoms with Crippen molar-refractivity contribution in [1.82, 2.24) is 10.2 Å². The topological polar surface area (TPSA) is 58.6 Å². The molecule has 130 valence electrons. The molecule has 2 aromatic rings. The average Bonchev–Trinajstić information content (AvgIpc) is 2.67. The van der Waals surface area contributed by atoms with Crippen LogP contribution in [0, 0.1) is 5.82 Å². The van der Waals surface area contributed by atoms with Crippen molar-refractivity contribution in [3.63, 3.8) is 0 Å². The number of carbonyl (C=O) groups is 2. The zero-order valence-corrected chi connectivity index (χ0v) is 13.7. The molecule has 0 saturated carbocycles. The summed E-state index contributed by atoms with van der Waals surface area (Å²) in [6, 6.07) is 14.9. The van der Waals surface area contributed by atoms with Gasteiger partial charge in [0.25, 0.3) is 5.91 Å². The van der Waals surface area contributed by atoms with E-state index in [1.54, 1.807) is 4.90 Å². The van der Waals surface area contributed by atoms with E-state index >= 15 is 0 Å². The number of nitrogens with zero attached hydrogens (tertiary/aromatic N) is 1. The average molecular weight is 342 g/mol. The molecular formula is C19H19FN2O3. The van der Waals surface area contributed by atoms with Gasteiger partial charge in [-0.15, -0.1) is 0 Å². The first kappa shape index (κ1) is 17.1. The second-order valence-electron chi connectivity index (χ2n) is 5.80. The van der Waals surface area contributed by atoms with Crippen LogP contribution in [0.15, 0.2) is 54.6 Å². The Labute approximate surface area is 145 Å². The lowest BCUT2D eigenvalue weighted by Gasteiger charge is -2.33. The van der Waals surface area contributed by atoms with E-state index in [-0.39, 0.29) is 18.6 Å². The largest absolute Gasteiger partial charge is 0.370 e. The highest BCUT2D eigenvalue weighted by atomic mass is 19.1. The quantitative estimate of drug-likeness (QED) is 0.926. The van der Waals surface area contributed by atoms with E-state index in [0.717, 1.165) is 5.56 Å². The summed E-state index contributed by atoms with van der Waals surface area (Å²) in [5.41, 5.74) is 1.34. The van der Waals surface area contributed by atoms with Gasteiger partial charge in [0, 0.05) is 12.1 Å². The highest BCUT2D eigenvalue weighted by Crippen LogP contribution is 2.21. The molecule has 1 atom stereocenters. The molecule has 1 fully saturated rings. The van der Waals surface area contributed by atoms with Gasteiger partial charge in [-0.3, -0.25) is 9.59 Å². The van der Waals surface area contributed by atoms with Crippen LogP contribution in [-0.2, 0) is 9.53 Å². The maximum atomic E-state index is 12.9. The summed E-state index contributed by atoms with van der Waals surface area (Å²) in [5, 5.41) is 2.58. The van der Waals surface area contributed by atoms with Crippen LogP contribution < -0.4 is 5.32 Å². The van der Waals surface area contributed by atoms with Gasteiger partial charge in [-0.05, 0) is 29.8 Å². The third-order valence-electron chi connectivity index (χ3n) is 4.10. The summed E-state index contributed by atoms with van der Waals surface area (Å²) >= 11 is 0. The van der Waals surface area contributed by atoms with Crippen LogP contribution in [0.25, 0.3) is 0 Å². The number of halogens is 1. The third-order valence-corrected chi connectivity index (χ3v) is 4.10. The van der Waals surface area contributed by atoms with Crippen molar-refractivity contribution in [3.8, 4) is 0 Å². The molecule has 6 heteroatoms. The Bertz CT molecular complexity index is 734. The smallest absolute Gasteiger partial charge is 0.251 e. The molecule has 2 aromatic carbocycles. The molecule has 1 heterocycles. The van der Waals surface area contributed by atoms with Gasteiger partial charge < -0.3 is 15.0 Å². The van der Waals surface area contributed by atoms with Gasteiger partial charge in [0.15, 0.2) is 0 Å². The summed E-state index contributed by atoms with van der Waals surface area (Å²) < 4.78 is 18.6. The fraction of sp³-hybridized carbons (Fsp3) is 0.263. The highest BCUT2D eigenvalue weighted by Gasteiger charge is 2.25. The predicted molar refractivity (Wildman–Crippen MR) is 90.4 cm³/mol. The second kappa shape index (κ2) is 7.90. The molecule has 0 bridgehead atoms. The summed E-state index contributed by atoms with van der Waals surface area (Å²) in [4.78, 5) is 26.0. The van der Waals surface area contributed by atoms with Gasteiger partial charge in [-0.1, -0.05) is 30.3 Å². The lowest BCUT2D eigenvalue weighted by molar-refractivity contribution is -0.137. The fourth-order valence-electron chi connectivity index (χ4n) is 2.72. The molecule has 5 nitrogen and oxygen atoms in total. The zero-order chi connectivity index (χ0) is 17.6. The van der Waals surface area contributed by atoms with Crippen LogP contribution in [0.1, 0.15) is 22.0 Å². The molecule has 0 spiro atoms. The van der Waals surface area contributed by atoms with Crippen molar-refractivity contribution in [2.45, 2.75) is 6.10 Å². The van der Waals surface area contributed by atoms with Crippen LogP contribution >= 0.6 is 0 Å². The Morgan fingerprint density at radius 2 is 1.84 bits per heavy atom. The van der Waals surface area contributed by atoms with E-state index in [0.29, 0.717) is 25.3 Å². The number of hydrogen-bond donors (Lipinski definition) is 1. The Morgan fingerprint density at radius 3 is 2.56 bits per heavy atom. The molecule has 0 aromatic heterocycles. The first-order valence-electron chi connectivity index (χ1n) is 8.11. The molecule has 1 saturated heterocycles. The summed E-state index contributed by atoms with van der Waals surface area (Å²) in [6.07, 6.45) is -0.160. The Hall–Kier alpha value is -2.73. The second-order valence-corrected chi connectivity index (χ2v) is 5.80. The van der Waals surface area contributed by atoms with Gasteiger partial charge in [0.1, 0.15) is 11.9 Å². The van der Waals surface area contributed by atoms with Gasteiger partial charge >= 0.3 is 0 Å². The van der Waals surface area contributed by atoms with E-state index in [2.05, 4.69) is 5.32 Å². The molecule has 0 aliphatic carbocycles. The molecule has 1 N–H and O–H groups in total. The number of carbonyl (C=O) groups excluding carboxylic acids is 2. The Morgan fingerprint density at radius 1 is 1.12 bits per heavy atom. The molecule has 1 aliphatic heterocycles. The number of rotatable bonds is 4. The summed E-state index contributed by atoms with van der Waals surface area (Å²) in [6.45, 7) is 1.30. The predicted octanol–water partition coefficient (Wildman–Crippen LogP) is 2.16. The van der Waals surface area contributed by atoms with Crippen molar-refractivity contribution in [2.75, 3.05) is 26.2 Å². The number of benzene rings is 2. The van der Waals surface area contributed by atoms with Crippen molar-refractivity contribution in [2.24, 2.45) is 0 Å². The molecular weight excluding hydrogens is 323 g/mol. The van der Waals surface area contributed by atoms with E-state index in [9.17, 15) is 14.0 Å². The normalized spacial score (nSPS) is 17.2. The van der Waals surface area contributed by atoms with Gasteiger partial charge in [-0.25, -0.2) is 4.39 Å². The van der Waals surface area contributed by atoms with Crippen LogP contribution in [-0.4, -0.2) is 43.0 Å². The van der Waals surface area contributed by atoms with Gasteiger partial charge in [0.05, 0.1) is 19.7 Å². The van der Waals surface area contributed by atoms with Crippen LogP contribution in [0.3, 0.4) is 0 Å². The summed E-state index contributed by atoms with van der Waals surface area (Å²) in [5.74, 6) is -0.978. The van der Waals surface area contributed by atoms with Crippen LogP contribution in [0.4, 0.5) is 4.39 Å². The minimum atomic E-state index is -0.409. The number of morpholine rings is 1. The highest BCUT2D eigenvalue weighted by molar-refractivity contribution is 5.96. The SMILES string of the molecule is O=C(NCC(=O)N1CCO[C@@H](c2ccccc2)C1)c1ccc(F)cc1. The fourth-order valence-corrected chi connectivity index (χ4v) is 2.72. The third kappa shape index (κ3) is 4.42. The molecule has 2 amide bonds. The maximum Gasteiger partial charge on any atom is 0.251 e. The van der Waals surface area contributed by atoms with E-state index < -0.39 is 11.7 Å². The van der Waals surface area contributed by atoms with Crippen LogP contribution in [0.5, 0.6) is 0 Å².